The molecule has 0 amide bonds. The first-order valence-corrected chi connectivity index (χ1v) is 8.95. The predicted octanol–water partition coefficient (Wildman–Crippen LogP) is 2.32. The lowest BCUT2D eigenvalue weighted by atomic mass is 10.2. The Balaban J connectivity index is 2.43. The van der Waals surface area contributed by atoms with Crippen LogP contribution in [-0.2, 0) is 10.1 Å². The SMILES string of the molecule is Cc1cc(OS(=O)(=O)C(F)(F)F)c(NC=C(C#N)c2nn[nH]n2)cc1I. The van der Waals surface area contributed by atoms with Crippen molar-refractivity contribution in [1.29, 1.82) is 5.26 Å². The lowest BCUT2D eigenvalue weighted by Crippen LogP contribution is -2.28. The summed E-state index contributed by atoms with van der Waals surface area (Å²) in [7, 11) is -5.86. The summed E-state index contributed by atoms with van der Waals surface area (Å²) in [5.41, 5.74) is -5.30. The molecule has 26 heavy (non-hydrogen) atoms. The predicted molar refractivity (Wildman–Crippen MR) is 90.9 cm³/mol. The molecule has 0 saturated carbocycles. The highest BCUT2D eigenvalue weighted by atomic mass is 127. The fourth-order valence-electron chi connectivity index (χ4n) is 1.57. The van der Waals surface area contributed by atoms with E-state index in [1.54, 1.807) is 13.0 Å². The highest BCUT2D eigenvalue weighted by Gasteiger charge is 2.48. The Kier molecular flexibility index (Phi) is 5.71. The van der Waals surface area contributed by atoms with Crippen LogP contribution in [0.1, 0.15) is 11.4 Å². The number of alkyl halides is 3. The molecule has 14 heteroatoms. The van der Waals surface area contributed by atoms with Crippen molar-refractivity contribution in [2.24, 2.45) is 0 Å². The van der Waals surface area contributed by atoms with Gasteiger partial charge in [0.05, 0.1) is 5.69 Å². The van der Waals surface area contributed by atoms with Crippen LogP contribution >= 0.6 is 22.6 Å². The number of aromatic nitrogens is 4. The second kappa shape index (κ2) is 7.45. The van der Waals surface area contributed by atoms with Crippen molar-refractivity contribution < 1.29 is 25.8 Å². The van der Waals surface area contributed by atoms with Gasteiger partial charge in [-0.3, -0.25) is 0 Å². The van der Waals surface area contributed by atoms with E-state index in [0.29, 0.717) is 9.13 Å². The van der Waals surface area contributed by atoms with E-state index in [9.17, 15) is 21.6 Å². The van der Waals surface area contributed by atoms with E-state index in [-0.39, 0.29) is 17.1 Å². The number of tetrazole rings is 1. The topological polar surface area (TPSA) is 134 Å². The van der Waals surface area contributed by atoms with Crippen molar-refractivity contribution in [2.45, 2.75) is 12.4 Å². The molecule has 0 unspecified atom stereocenters. The number of anilines is 1. The maximum Gasteiger partial charge on any atom is 0.534 e. The normalized spacial score (nSPS) is 12.5. The van der Waals surface area contributed by atoms with Crippen LogP contribution in [0, 0.1) is 21.8 Å². The molecule has 1 aromatic heterocycles. The molecule has 0 saturated heterocycles. The third kappa shape index (κ3) is 4.40. The first-order chi connectivity index (χ1) is 12.0. The average molecular weight is 500 g/mol. The van der Waals surface area contributed by atoms with E-state index in [4.69, 9.17) is 5.26 Å². The quantitative estimate of drug-likeness (QED) is 0.277. The minimum absolute atomic E-state index is 0.0628. The highest BCUT2D eigenvalue weighted by molar-refractivity contribution is 14.1. The average Bonchev–Trinajstić information content (AvgIpc) is 3.05. The number of hydrogen-bond acceptors (Lipinski definition) is 8. The number of nitriles is 1. The molecule has 9 nitrogen and oxygen atoms in total. The van der Waals surface area contributed by atoms with E-state index >= 15 is 0 Å². The van der Waals surface area contributed by atoms with Gasteiger partial charge in [-0.1, -0.05) is 0 Å². The number of aryl methyl sites for hydroxylation is 1. The molecule has 0 aliphatic rings. The molecule has 1 heterocycles. The smallest absolute Gasteiger partial charge is 0.374 e. The van der Waals surface area contributed by atoms with Crippen molar-refractivity contribution in [2.75, 3.05) is 5.32 Å². The minimum Gasteiger partial charge on any atom is -0.374 e. The van der Waals surface area contributed by atoms with Crippen LogP contribution in [0.25, 0.3) is 5.57 Å². The molecule has 0 aliphatic heterocycles. The number of halogens is 4. The molecule has 2 aromatic rings. The van der Waals surface area contributed by atoms with Crippen LogP contribution in [0.2, 0.25) is 0 Å². The van der Waals surface area contributed by atoms with E-state index in [2.05, 4.69) is 30.1 Å². The first kappa shape index (κ1) is 19.9. The van der Waals surface area contributed by atoms with Crippen LogP contribution in [0.15, 0.2) is 18.3 Å². The lowest BCUT2D eigenvalue weighted by molar-refractivity contribution is -0.0499. The number of nitrogens with one attached hydrogen (secondary N) is 2. The van der Waals surface area contributed by atoms with Crippen LogP contribution in [0.3, 0.4) is 0 Å². The van der Waals surface area contributed by atoms with E-state index in [1.807, 2.05) is 22.6 Å². The largest absolute Gasteiger partial charge is 0.534 e. The van der Waals surface area contributed by atoms with Crippen LogP contribution in [0.4, 0.5) is 18.9 Å². The Hall–Kier alpha value is -2.41. The Morgan fingerprint density at radius 3 is 2.69 bits per heavy atom. The summed E-state index contributed by atoms with van der Waals surface area (Å²) in [5.74, 6) is -0.644. The Labute approximate surface area is 158 Å². The highest BCUT2D eigenvalue weighted by Crippen LogP contribution is 2.34. The summed E-state index contributed by atoms with van der Waals surface area (Å²) in [4.78, 5) is 0. The zero-order chi connectivity index (χ0) is 19.5. The van der Waals surface area contributed by atoms with Gasteiger partial charge in [0.2, 0.25) is 5.82 Å². The Bertz CT molecular complexity index is 983. The van der Waals surface area contributed by atoms with Gasteiger partial charge in [0.25, 0.3) is 0 Å². The number of rotatable bonds is 5. The molecule has 2 rings (SSSR count). The standard InChI is InChI=1S/C12H8F3IN6O3S/c1-6-2-10(25-26(23,24)12(13,14)15)9(3-8(6)16)18-5-7(4-17)11-19-21-22-20-11/h2-3,5,18H,1H3,(H,19,20,21,22). The fourth-order valence-corrected chi connectivity index (χ4v) is 2.51. The third-order valence-electron chi connectivity index (χ3n) is 2.82. The van der Waals surface area contributed by atoms with Gasteiger partial charge in [-0.2, -0.15) is 32.1 Å². The monoisotopic (exact) mass is 500 g/mol. The summed E-state index contributed by atoms with van der Waals surface area (Å²) >= 11 is 1.90. The molecule has 138 valence electrons. The Morgan fingerprint density at radius 1 is 1.46 bits per heavy atom. The minimum atomic E-state index is -5.86. The van der Waals surface area contributed by atoms with E-state index < -0.39 is 21.4 Å². The number of aromatic amines is 1. The number of hydrogen-bond donors (Lipinski definition) is 2. The second-order valence-electron chi connectivity index (χ2n) is 4.63. The van der Waals surface area contributed by atoms with Crippen LogP contribution < -0.4 is 9.50 Å². The fraction of sp³-hybridized carbons (Fsp3) is 0.167. The van der Waals surface area contributed by atoms with Gasteiger partial charge in [0.15, 0.2) is 5.75 Å². The summed E-state index contributed by atoms with van der Waals surface area (Å²) in [6.07, 6.45) is 1.08. The number of allylic oxidation sites excluding steroid dienone is 1. The van der Waals surface area contributed by atoms with Crippen LogP contribution in [0.5, 0.6) is 5.75 Å². The maximum absolute atomic E-state index is 12.6. The van der Waals surface area contributed by atoms with Crippen molar-refractivity contribution in [1.82, 2.24) is 20.6 Å². The van der Waals surface area contributed by atoms with Gasteiger partial charge >= 0.3 is 15.6 Å². The summed E-state index contributed by atoms with van der Waals surface area (Å²) in [5, 5.41) is 24.2. The van der Waals surface area contributed by atoms with Gasteiger partial charge in [-0.25, -0.2) is 0 Å². The van der Waals surface area contributed by atoms with Crippen molar-refractivity contribution >= 4 is 44.0 Å². The molecule has 0 spiro atoms. The summed E-state index contributed by atoms with van der Waals surface area (Å²) in [6, 6.07) is 4.25. The molecule has 0 radical (unpaired) electrons. The second-order valence-corrected chi connectivity index (χ2v) is 7.33. The molecule has 0 atom stereocenters. The molecule has 0 fully saturated rings. The molecule has 2 N–H and O–H groups in total. The zero-order valence-corrected chi connectivity index (χ0v) is 15.6. The van der Waals surface area contributed by atoms with Crippen LogP contribution in [-0.4, -0.2) is 34.6 Å². The number of H-pyrrole nitrogens is 1. The van der Waals surface area contributed by atoms with Crippen molar-refractivity contribution in [3.05, 3.63) is 33.3 Å². The number of nitrogens with zero attached hydrogens (tertiary/aromatic N) is 4. The van der Waals surface area contributed by atoms with Gasteiger partial charge < -0.3 is 9.50 Å². The Morgan fingerprint density at radius 2 is 2.15 bits per heavy atom. The van der Waals surface area contributed by atoms with Gasteiger partial charge in [0.1, 0.15) is 11.6 Å². The maximum atomic E-state index is 12.6. The van der Waals surface area contributed by atoms with Gasteiger partial charge in [-0.05, 0) is 52.4 Å². The molecule has 0 aliphatic carbocycles. The molecular weight excluding hydrogens is 492 g/mol. The first-order valence-electron chi connectivity index (χ1n) is 6.46. The summed E-state index contributed by atoms with van der Waals surface area (Å²) < 4.78 is 65.1. The van der Waals surface area contributed by atoms with Gasteiger partial charge in [-0.15, -0.1) is 10.2 Å². The zero-order valence-electron chi connectivity index (χ0n) is 12.7. The number of benzene rings is 1. The van der Waals surface area contributed by atoms with E-state index in [0.717, 1.165) is 12.3 Å². The summed E-state index contributed by atoms with van der Waals surface area (Å²) in [6.45, 7) is 1.56. The van der Waals surface area contributed by atoms with Crippen molar-refractivity contribution in [3.63, 3.8) is 0 Å². The van der Waals surface area contributed by atoms with Crippen molar-refractivity contribution in [3.8, 4) is 11.8 Å². The lowest BCUT2D eigenvalue weighted by Gasteiger charge is -2.14. The molecule has 0 bridgehead atoms. The molecular formula is C12H8F3IN6O3S. The molecule has 1 aromatic carbocycles. The van der Waals surface area contributed by atoms with E-state index in [1.165, 1.54) is 6.07 Å². The third-order valence-corrected chi connectivity index (χ3v) is 4.95. The van der Waals surface area contributed by atoms with Gasteiger partial charge in [0, 0.05) is 9.77 Å².